The first-order valence-corrected chi connectivity index (χ1v) is 11.7. The number of nitrogens with one attached hydrogen (secondary N) is 1. The van der Waals surface area contributed by atoms with Crippen LogP contribution in [0.3, 0.4) is 0 Å². The lowest BCUT2D eigenvalue weighted by atomic mass is 10.1. The van der Waals surface area contributed by atoms with Crippen molar-refractivity contribution in [2.75, 3.05) is 45.8 Å². The fourth-order valence-electron chi connectivity index (χ4n) is 3.78. The van der Waals surface area contributed by atoms with Crippen molar-refractivity contribution in [2.24, 2.45) is 0 Å². The van der Waals surface area contributed by atoms with E-state index in [-0.39, 0.29) is 11.1 Å². The summed E-state index contributed by atoms with van der Waals surface area (Å²) in [6.07, 6.45) is 6.82. The van der Waals surface area contributed by atoms with Crippen molar-refractivity contribution >= 4 is 34.0 Å². The zero-order chi connectivity index (χ0) is 24.6. The quantitative estimate of drug-likeness (QED) is 0.301. The highest BCUT2D eigenvalue weighted by Gasteiger charge is 2.21. The van der Waals surface area contributed by atoms with Gasteiger partial charge in [-0.1, -0.05) is 11.6 Å². The van der Waals surface area contributed by atoms with Crippen molar-refractivity contribution in [3.63, 3.8) is 0 Å². The van der Waals surface area contributed by atoms with Crippen LogP contribution in [0.25, 0.3) is 10.9 Å². The van der Waals surface area contributed by atoms with Gasteiger partial charge in [-0.2, -0.15) is 0 Å². The topological polar surface area (TPSA) is 78.0 Å². The van der Waals surface area contributed by atoms with Crippen LogP contribution in [0, 0.1) is 5.82 Å². The second-order valence-corrected chi connectivity index (χ2v) is 8.41. The monoisotopic (exact) mass is 502 g/mol. The number of aromatic nitrogens is 2. The molecule has 1 fully saturated rings. The summed E-state index contributed by atoms with van der Waals surface area (Å²) in [5.74, 6) is 1.26. The normalized spacial score (nSPS) is 14.5. The van der Waals surface area contributed by atoms with E-state index in [0.29, 0.717) is 41.7 Å². The number of halogens is 2. The van der Waals surface area contributed by atoms with Gasteiger partial charge in [0.15, 0.2) is 11.5 Å². The molecule has 2 aromatic carbocycles. The molecule has 0 unspecified atom stereocenters. The first-order chi connectivity index (χ1) is 17.1. The van der Waals surface area contributed by atoms with E-state index in [1.807, 2.05) is 18.3 Å². The minimum Gasteiger partial charge on any atom is -0.503 e. The summed E-state index contributed by atoms with van der Waals surface area (Å²) in [5, 5.41) is 3.96. The SMILES string of the molecule is COC=CN1CCC(Oc2cc3c(Nc4ccc(F)c(Cl)c4)ncnc3cc2OCCOC)CC1. The summed E-state index contributed by atoms with van der Waals surface area (Å²) >= 11 is 5.94. The fourth-order valence-corrected chi connectivity index (χ4v) is 3.96. The Hall–Kier alpha value is -3.30. The van der Waals surface area contributed by atoms with E-state index in [1.54, 1.807) is 26.5 Å². The molecule has 1 aromatic heterocycles. The Bertz CT molecular complexity index is 1170. The number of likely N-dealkylation sites (tertiary alicyclic amines) is 1. The highest BCUT2D eigenvalue weighted by molar-refractivity contribution is 6.31. The molecule has 1 aliphatic rings. The molecule has 0 bridgehead atoms. The molecule has 2 heterocycles. The number of hydrogen-bond donors (Lipinski definition) is 1. The largest absolute Gasteiger partial charge is 0.503 e. The molecule has 1 N–H and O–H groups in total. The van der Waals surface area contributed by atoms with Crippen molar-refractivity contribution in [3.8, 4) is 11.5 Å². The summed E-state index contributed by atoms with van der Waals surface area (Å²) in [7, 11) is 3.26. The van der Waals surface area contributed by atoms with Crippen molar-refractivity contribution in [1.29, 1.82) is 0 Å². The second-order valence-electron chi connectivity index (χ2n) is 8.01. The van der Waals surface area contributed by atoms with Crippen LogP contribution in [0.5, 0.6) is 11.5 Å². The van der Waals surface area contributed by atoms with Gasteiger partial charge in [-0.3, -0.25) is 0 Å². The zero-order valence-electron chi connectivity index (χ0n) is 19.7. The molecular weight excluding hydrogens is 475 g/mol. The molecule has 1 saturated heterocycles. The third-order valence-corrected chi connectivity index (χ3v) is 5.90. The highest BCUT2D eigenvalue weighted by Crippen LogP contribution is 2.36. The van der Waals surface area contributed by atoms with Gasteiger partial charge in [0.1, 0.15) is 30.7 Å². The van der Waals surface area contributed by atoms with Gasteiger partial charge in [-0.25, -0.2) is 14.4 Å². The van der Waals surface area contributed by atoms with Gasteiger partial charge in [-0.05, 0) is 24.3 Å². The van der Waals surface area contributed by atoms with Gasteiger partial charge in [-0.15, -0.1) is 0 Å². The lowest BCUT2D eigenvalue weighted by molar-refractivity contribution is 0.111. The minimum absolute atomic E-state index is 0.0258. The van der Waals surface area contributed by atoms with Crippen molar-refractivity contribution in [1.82, 2.24) is 14.9 Å². The Kier molecular flexibility index (Phi) is 8.44. The maximum atomic E-state index is 13.6. The summed E-state index contributed by atoms with van der Waals surface area (Å²) < 4.78 is 36.1. The Morgan fingerprint density at radius 1 is 1.11 bits per heavy atom. The van der Waals surface area contributed by atoms with Gasteiger partial charge < -0.3 is 29.2 Å². The molecule has 10 heteroatoms. The molecule has 186 valence electrons. The standard InChI is InChI=1S/C25H28ClFN4O4/c1-32-10-9-31-7-5-18(6-8-31)35-24-14-19-22(15-23(24)34-12-11-33-2)28-16-29-25(19)30-17-3-4-21(27)20(26)13-17/h3-4,9-10,13-16,18H,5-8,11-12H2,1-2H3,(H,28,29,30). The summed E-state index contributed by atoms with van der Waals surface area (Å²) in [6.45, 7) is 2.55. The summed E-state index contributed by atoms with van der Waals surface area (Å²) in [6, 6.07) is 8.12. The molecule has 0 amide bonds. The van der Waals surface area contributed by atoms with E-state index >= 15 is 0 Å². The van der Waals surface area contributed by atoms with Crippen molar-refractivity contribution in [2.45, 2.75) is 18.9 Å². The van der Waals surface area contributed by atoms with E-state index in [0.717, 1.165) is 31.3 Å². The molecule has 3 aromatic rings. The second kappa shape index (κ2) is 11.9. The van der Waals surface area contributed by atoms with Crippen molar-refractivity contribution < 1.29 is 23.3 Å². The van der Waals surface area contributed by atoms with Crippen LogP contribution in [0.1, 0.15) is 12.8 Å². The van der Waals surface area contributed by atoms with Crippen molar-refractivity contribution in [3.05, 3.63) is 60.0 Å². The molecular formula is C25H28ClFN4O4. The first-order valence-electron chi connectivity index (χ1n) is 11.3. The number of methoxy groups -OCH3 is 2. The van der Waals surface area contributed by atoms with Crippen LogP contribution >= 0.6 is 11.6 Å². The Morgan fingerprint density at radius 2 is 1.94 bits per heavy atom. The van der Waals surface area contributed by atoms with Crippen LogP contribution in [0.4, 0.5) is 15.9 Å². The van der Waals surface area contributed by atoms with Crippen LogP contribution in [-0.2, 0) is 9.47 Å². The number of ether oxygens (including phenoxy) is 4. The molecule has 1 aliphatic heterocycles. The van der Waals surface area contributed by atoms with Gasteiger partial charge in [0.05, 0.1) is 30.5 Å². The average Bonchev–Trinajstić information content (AvgIpc) is 2.86. The Labute approximate surface area is 208 Å². The molecule has 4 rings (SSSR count). The van der Waals surface area contributed by atoms with Gasteiger partial charge in [0.25, 0.3) is 0 Å². The molecule has 35 heavy (non-hydrogen) atoms. The predicted molar refractivity (Wildman–Crippen MR) is 133 cm³/mol. The van der Waals surface area contributed by atoms with E-state index in [4.69, 9.17) is 30.5 Å². The fraction of sp³-hybridized carbons (Fsp3) is 0.360. The number of piperidine rings is 1. The van der Waals surface area contributed by atoms with Gasteiger partial charge >= 0.3 is 0 Å². The predicted octanol–water partition coefficient (Wildman–Crippen LogP) is 5.15. The van der Waals surface area contributed by atoms with E-state index in [2.05, 4.69) is 20.2 Å². The number of rotatable bonds is 10. The molecule has 0 radical (unpaired) electrons. The number of benzene rings is 2. The Morgan fingerprint density at radius 3 is 2.69 bits per heavy atom. The van der Waals surface area contributed by atoms with E-state index in [9.17, 15) is 4.39 Å². The summed E-state index contributed by atoms with van der Waals surface area (Å²) in [4.78, 5) is 11.0. The highest BCUT2D eigenvalue weighted by atomic mass is 35.5. The van der Waals surface area contributed by atoms with Crippen LogP contribution in [-0.4, -0.2) is 61.5 Å². The van der Waals surface area contributed by atoms with Crippen LogP contribution in [0.15, 0.2) is 49.1 Å². The third kappa shape index (κ3) is 6.43. The smallest absolute Gasteiger partial charge is 0.163 e. The zero-order valence-corrected chi connectivity index (χ0v) is 20.4. The maximum Gasteiger partial charge on any atom is 0.163 e. The van der Waals surface area contributed by atoms with Gasteiger partial charge in [0, 0.05) is 56.4 Å². The van der Waals surface area contributed by atoms with E-state index < -0.39 is 5.82 Å². The molecule has 0 spiro atoms. The summed E-state index contributed by atoms with van der Waals surface area (Å²) in [5.41, 5.74) is 1.28. The van der Waals surface area contributed by atoms with Crippen LogP contribution in [0.2, 0.25) is 5.02 Å². The molecule has 0 saturated carbocycles. The minimum atomic E-state index is -0.484. The lowest BCUT2D eigenvalue weighted by Crippen LogP contribution is -2.35. The average molecular weight is 503 g/mol. The van der Waals surface area contributed by atoms with E-state index in [1.165, 1.54) is 18.5 Å². The maximum absolute atomic E-state index is 13.6. The number of hydrogen-bond acceptors (Lipinski definition) is 8. The number of fused-ring (bicyclic) bond motifs is 1. The number of nitrogens with zero attached hydrogens (tertiary/aromatic N) is 3. The Balaban J connectivity index is 1.60. The molecule has 8 nitrogen and oxygen atoms in total. The lowest BCUT2D eigenvalue weighted by Gasteiger charge is -2.31. The number of anilines is 2. The van der Waals surface area contributed by atoms with Gasteiger partial charge in [0.2, 0.25) is 0 Å². The molecule has 0 aliphatic carbocycles. The third-order valence-electron chi connectivity index (χ3n) is 5.61. The molecule has 0 atom stereocenters. The first kappa shape index (κ1) is 24.8. The van der Waals surface area contributed by atoms with Crippen LogP contribution < -0.4 is 14.8 Å².